The van der Waals surface area contributed by atoms with Crippen LogP contribution < -0.4 is 0 Å². The number of hydrogen-bond donors (Lipinski definition) is 9. The maximum Gasteiger partial charge on any atom is 0.310 e. The topological polar surface area (TPSA) is 255 Å². The second-order valence-corrected chi connectivity index (χ2v) is 22.6. The molecule has 3 saturated heterocycles. The molecule has 4 saturated carbocycles. The quantitative estimate of drug-likeness (QED) is 0.125. The molecule has 0 aromatic rings. The van der Waals surface area contributed by atoms with E-state index in [1.54, 1.807) is 0 Å². The average Bonchev–Trinajstić information content (AvgIpc) is 3.21. The van der Waals surface area contributed by atoms with Crippen molar-refractivity contribution >= 4 is 5.97 Å². The van der Waals surface area contributed by atoms with Crippen molar-refractivity contribution < 1.29 is 79.2 Å². The third-order valence-electron chi connectivity index (χ3n) is 18.6. The number of allylic oxidation sites excluding steroid dienone is 2. The largest absolute Gasteiger partial charge is 0.481 e. The van der Waals surface area contributed by atoms with Crippen LogP contribution in [0.15, 0.2) is 11.6 Å². The summed E-state index contributed by atoms with van der Waals surface area (Å²) in [5, 5.41) is 95.5. The summed E-state index contributed by atoms with van der Waals surface area (Å²) in [5.74, 6) is -0.0624. The number of rotatable bonds is 8. The van der Waals surface area contributed by atoms with Gasteiger partial charge in [0.25, 0.3) is 0 Å². The van der Waals surface area contributed by atoms with Crippen LogP contribution in [0, 0.1) is 50.2 Å². The lowest BCUT2D eigenvalue weighted by Crippen LogP contribution is -2.66. The maximum atomic E-state index is 13.1. The SMILES string of the molecule is CC1(C)CC[C@]2(C(=O)O)CC[C@]3(C)C(=CC[C@@H]4[C@@]5(C)CC[C@H](O[C@@H]6OC[C@H](O)[C@H](O[C@@H]7OC[C@H](O)[C@H](O)[C@H]7O)[C@H]6O[C@@H]6O[C@H](CO)[C@@H](O)[C@H](O)[C@H]6O)C(C)(C)[C@H]5CC[C@]43C)[C@@H]2C1. The summed E-state index contributed by atoms with van der Waals surface area (Å²) in [7, 11) is 0. The number of hydrogen-bond acceptors (Lipinski definition) is 15. The minimum absolute atomic E-state index is 0.0240. The highest BCUT2D eigenvalue weighted by Crippen LogP contribution is 2.76. The lowest BCUT2D eigenvalue weighted by molar-refractivity contribution is -0.385. The summed E-state index contributed by atoms with van der Waals surface area (Å²) in [4.78, 5) is 13.1. The van der Waals surface area contributed by atoms with Gasteiger partial charge in [0.05, 0.1) is 31.3 Å². The van der Waals surface area contributed by atoms with Crippen molar-refractivity contribution in [3.63, 3.8) is 0 Å². The lowest BCUT2D eigenvalue weighted by atomic mass is 9.33. The van der Waals surface area contributed by atoms with E-state index in [0.717, 1.165) is 51.4 Å². The Morgan fingerprint density at radius 2 is 1.34 bits per heavy atom. The number of fused-ring (bicyclic) bond motifs is 7. The molecular weight excluding hydrogens is 808 g/mol. The van der Waals surface area contributed by atoms with Crippen molar-refractivity contribution in [1.82, 2.24) is 0 Å². The minimum atomic E-state index is -1.80. The molecule has 5 aliphatic carbocycles. The molecule has 0 amide bonds. The van der Waals surface area contributed by atoms with Crippen molar-refractivity contribution in [2.75, 3.05) is 19.8 Å². The molecule has 9 N–H and O–H groups in total. The fourth-order valence-electron chi connectivity index (χ4n) is 14.6. The van der Waals surface area contributed by atoms with Gasteiger partial charge in [-0.15, -0.1) is 0 Å². The molecule has 62 heavy (non-hydrogen) atoms. The van der Waals surface area contributed by atoms with Gasteiger partial charge in [-0.25, -0.2) is 0 Å². The second-order valence-electron chi connectivity index (χ2n) is 22.6. The molecule has 0 aromatic carbocycles. The molecule has 0 spiro atoms. The molecule has 3 aliphatic heterocycles. The first kappa shape index (κ1) is 47.2. The van der Waals surface area contributed by atoms with E-state index in [4.69, 9.17) is 28.4 Å². The molecule has 354 valence electrons. The molecule has 16 nitrogen and oxygen atoms in total. The fourth-order valence-corrected chi connectivity index (χ4v) is 14.6. The first-order chi connectivity index (χ1) is 29.0. The normalized spacial score (nSPS) is 53.6. The van der Waals surface area contributed by atoms with Gasteiger partial charge in [-0.05, 0) is 109 Å². The summed E-state index contributed by atoms with van der Waals surface area (Å²) < 4.78 is 36.8. The van der Waals surface area contributed by atoms with Gasteiger partial charge in [0, 0.05) is 0 Å². The zero-order valence-electron chi connectivity index (χ0n) is 37.5. The number of carbonyl (C=O) groups is 1. The molecule has 3 heterocycles. The molecule has 0 bridgehead atoms. The summed E-state index contributed by atoms with van der Waals surface area (Å²) in [6, 6.07) is 0. The Hall–Kier alpha value is -1.35. The van der Waals surface area contributed by atoms with Crippen LogP contribution >= 0.6 is 0 Å². The number of aliphatic hydroxyl groups excluding tert-OH is 8. The highest BCUT2D eigenvalue weighted by atomic mass is 16.8. The van der Waals surface area contributed by atoms with Gasteiger partial charge in [-0.1, -0.05) is 60.1 Å². The van der Waals surface area contributed by atoms with Gasteiger partial charge in [0.1, 0.15) is 61.0 Å². The molecule has 7 fully saturated rings. The smallest absolute Gasteiger partial charge is 0.310 e. The molecule has 8 aliphatic rings. The Balaban J connectivity index is 1.06. The summed E-state index contributed by atoms with van der Waals surface area (Å²) in [6.07, 6.45) is -9.39. The fraction of sp³-hybridized carbons (Fsp3) is 0.935. The first-order valence-electron chi connectivity index (χ1n) is 23.1. The van der Waals surface area contributed by atoms with Crippen LogP contribution in [-0.4, -0.2) is 158 Å². The first-order valence-corrected chi connectivity index (χ1v) is 23.1. The van der Waals surface area contributed by atoms with E-state index < -0.39 is 109 Å². The third-order valence-corrected chi connectivity index (χ3v) is 18.6. The van der Waals surface area contributed by atoms with Crippen molar-refractivity contribution in [3.05, 3.63) is 11.6 Å². The molecule has 0 unspecified atom stereocenters. The van der Waals surface area contributed by atoms with Gasteiger partial charge >= 0.3 is 5.97 Å². The minimum Gasteiger partial charge on any atom is -0.481 e. The molecule has 0 aromatic heterocycles. The van der Waals surface area contributed by atoms with Crippen LogP contribution in [0.4, 0.5) is 0 Å². The van der Waals surface area contributed by atoms with Crippen molar-refractivity contribution in [2.45, 2.75) is 199 Å². The number of ether oxygens (including phenoxy) is 6. The Bertz CT molecular complexity index is 1690. The number of carboxylic acid groups (broad SMARTS) is 1. The molecule has 0 radical (unpaired) electrons. The molecule has 8 rings (SSSR count). The Morgan fingerprint density at radius 1 is 0.694 bits per heavy atom. The number of aliphatic hydroxyl groups is 8. The number of carboxylic acids is 1. The average molecular weight is 883 g/mol. The maximum absolute atomic E-state index is 13.1. The Morgan fingerprint density at radius 3 is 2.03 bits per heavy atom. The van der Waals surface area contributed by atoms with Crippen LogP contribution in [0.3, 0.4) is 0 Å². The van der Waals surface area contributed by atoms with Gasteiger partial charge in [-0.2, -0.15) is 0 Å². The Kier molecular flexibility index (Phi) is 12.5. The number of aliphatic carboxylic acids is 1. The van der Waals surface area contributed by atoms with E-state index >= 15 is 0 Å². The van der Waals surface area contributed by atoms with Crippen LogP contribution in [0.2, 0.25) is 0 Å². The van der Waals surface area contributed by atoms with Gasteiger partial charge in [0.15, 0.2) is 18.9 Å². The zero-order valence-corrected chi connectivity index (χ0v) is 37.5. The molecule has 21 atom stereocenters. The van der Waals surface area contributed by atoms with Gasteiger partial charge in [0.2, 0.25) is 0 Å². The molecule has 16 heteroatoms. The van der Waals surface area contributed by atoms with E-state index in [2.05, 4.69) is 54.5 Å². The predicted octanol–water partition coefficient (Wildman–Crippen LogP) is 1.98. The van der Waals surface area contributed by atoms with Crippen LogP contribution in [0.25, 0.3) is 0 Å². The Labute approximate surface area is 364 Å². The highest BCUT2D eigenvalue weighted by Gasteiger charge is 2.70. The van der Waals surface area contributed by atoms with E-state index in [1.165, 1.54) is 5.57 Å². The second kappa shape index (κ2) is 16.5. The van der Waals surface area contributed by atoms with E-state index in [-0.39, 0.29) is 46.7 Å². The monoisotopic (exact) mass is 882 g/mol. The zero-order chi connectivity index (χ0) is 45.1. The summed E-state index contributed by atoms with van der Waals surface area (Å²) in [6.45, 7) is 15.0. The van der Waals surface area contributed by atoms with Crippen LogP contribution in [-0.2, 0) is 33.2 Å². The summed E-state index contributed by atoms with van der Waals surface area (Å²) in [5.41, 5.74) is 0.0518. The standard InChI is InChI=1S/C46H74O16/c1-41(2)14-16-46(40(55)56)17-15-44(6)22(23(46)18-41)8-9-28-43(5)12-11-29(42(3,4)27(43)10-13-45(28,44)7)60-39-36(62-38-34(54)32(52)31(51)26(19-47)59-38)35(25(49)21-58-39)61-37-33(53)30(50)24(48)20-57-37/h8,23-39,47-54H,9-21H2,1-7H3,(H,55,56)/t23-,24-,25-,26+,27+,28+,29-,30-,31+,32-,33+,34+,35-,36+,37-,38-,39-,43-,44+,45+,46-/m0/s1. The summed E-state index contributed by atoms with van der Waals surface area (Å²) >= 11 is 0. The van der Waals surface area contributed by atoms with E-state index in [9.17, 15) is 50.8 Å². The van der Waals surface area contributed by atoms with Gasteiger partial charge in [-0.3, -0.25) is 4.79 Å². The molecular formula is C46H74O16. The highest BCUT2D eigenvalue weighted by molar-refractivity contribution is 5.76. The lowest BCUT2D eigenvalue weighted by Gasteiger charge is -2.71. The van der Waals surface area contributed by atoms with E-state index in [1.807, 2.05) is 0 Å². The van der Waals surface area contributed by atoms with Crippen molar-refractivity contribution in [1.29, 1.82) is 0 Å². The van der Waals surface area contributed by atoms with Gasteiger partial charge < -0.3 is 74.4 Å². The third kappa shape index (κ3) is 7.28. The van der Waals surface area contributed by atoms with Crippen LogP contribution in [0.1, 0.15) is 113 Å². The van der Waals surface area contributed by atoms with Crippen molar-refractivity contribution in [2.24, 2.45) is 50.2 Å². The van der Waals surface area contributed by atoms with Crippen LogP contribution in [0.5, 0.6) is 0 Å². The predicted molar refractivity (Wildman–Crippen MR) is 219 cm³/mol. The van der Waals surface area contributed by atoms with Crippen molar-refractivity contribution in [3.8, 4) is 0 Å². The van der Waals surface area contributed by atoms with E-state index in [0.29, 0.717) is 18.8 Å².